The fourth-order valence-electron chi connectivity index (χ4n) is 1.52. The van der Waals surface area contributed by atoms with Crippen molar-refractivity contribution in [1.29, 1.82) is 0 Å². The predicted octanol–water partition coefficient (Wildman–Crippen LogP) is 1.86. The van der Waals surface area contributed by atoms with Gasteiger partial charge in [0.1, 0.15) is 5.60 Å². The molecular formula is C10H20N2O2. The Kier molecular flexibility index (Phi) is 3.37. The predicted molar refractivity (Wildman–Crippen MR) is 54.8 cm³/mol. The van der Waals surface area contributed by atoms with Crippen LogP contribution in [0.1, 0.15) is 34.1 Å². The molecule has 1 fully saturated rings. The van der Waals surface area contributed by atoms with Gasteiger partial charge in [-0.25, -0.2) is 14.8 Å². The third-order valence-corrected chi connectivity index (χ3v) is 2.10. The molecule has 0 aliphatic carbocycles. The smallest absolute Gasteiger partial charge is 0.424 e. The van der Waals surface area contributed by atoms with E-state index in [9.17, 15) is 4.79 Å². The lowest BCUT2D eigenvalue weighted by Gasteiger charge is -2.29. The SMILES string of the molecule is CCN1CCCN1C(=O)OC(C)(C)C. The summed E-state index contributed by atoms with van der Waals surface area (Å²) in [5, 5.41) is 3.72. The first-order valence-electron chi connectivity index (χ1n) is 5.19. The zero-order valence-electron chi connectivity index (χ0n) is 9.54. The minimum absolute atomic E-state index is 0.225. The normalized spacial score (nSPS) is 18.7. The minimum atomic E-state index is -0.404. The van der Waals surface area contributed by atoms with E-state index in [-0.39, 0.29) is 6.09 Å². The van der Waals surface area contributed by atoms with Gasteiger partial charge in [-0.3, -0.25) is 0 Å². The molecule has 0 aromatic heterocycles. The fourth-order valence-corrected chi connectivity index (χ4v) is 1.52. The van der Waals surface area contributed by atoms with Crippen LogP contribution in [-0.2, 0) is 4.74 Å². The zero-order valence-corrected chi connectivity index (χ0v) is 9.54. The monoisotopic (exact) mass is 200 g/mol. The Labute approximate surface area is 85.8 Å². The van der Waals surface area contributed by atoms with E-state index in [1.54, 1.807) is 5.01 Å². The molecule has 1 aliphatic rings. The Bertz CT molecular complexity index is 211. The lowest BCUT2D eigenvalue weighted by atomic mass is 10.2. The average Bonchev–Trinajstić information content (AvgIpc) is 2.47. The Balaban J connectivity index is 2.52. The van der Waals surface area contributed by atoms with Crippen LogP contribution in [0.4, 0.5) is 4.79 Å². The third kappa shape index (κ3) is 2.87. The van der Waals surface area contributed by atoms with Crippen molar-refractivity contribution in [2.24, 2.45) is 0 Å². The molecule has 1 aliphatic heterocycles. The highest BCUT2D eigenvalue weighted by Gasteiger charge is 2.29. The van der Waals surface area contributed by atoms with Crippen LogP contribution in [0.3, 0.4) is 0 Å². The molecule has 0 bridgehead atoms. The van der Waals surface area contributed by atoms with Crippen LogP contribution in [0.5, 0.6) is 0 Å². The average molecular weight is 200 g/mol. The molecule has 0 radical (unpaired) electrons. The molecule has 0 aromatic carbocycles. The maximum absolute atomic E-state index is 11.7. The van der Waals surface area contributed by atoms with E-state index in [2.05, 4.69) is 0 Å². The second kappa shape index (κ2) is 4.17. The summed E-state index contributed by atoms with van der Waals surface area (Å²) in [4.78, 5) is 11.7. The molecule has 1 rings (SSSR count). The molecule has 0 unspecified atom stereocenters. The van der Waals surface area contributed by atoms with Gasteiger partial charge in [-0.2, -0.15) is 0 Å². The van der Waals surface area contributed by atoms with E-state index in [0.717, 1.165) is 26.1 Å². The highest BCUT2D eigenvalue weighted by molar-refractivity contribution is 5.67. The van der Waals surface area contributed by atoms with Gasteiger partial charge in [0.2, 0.25) is 0 Å². The first-order chi connectivity index (χ1) is 6.44. The molecule has 0 aromatic rings. The molecule has 14 heavy (non-hydrogen) atoms. The molecule has 1 amide bonds. The Morgan fingerprint density at radius 2 is 2.00 bits per heavy atom. The van der Waals surface area contributed by atoms with Gasteiger partial charge in [0.05, 0.1) is 0 Å². The van der Waals surface area contributed by atoms with Crippen molar-refractivity contribution in [3.63, 3.8) is 0 Å². The summed E-state index contributed by atoms with van der Waals surface area (Å²) in [7, 11) is 0. The van der Waals surface area contributed by atoms with Crippen LogP contribution in [0.15, 0.2) is 0 Å². The van der Waals surface area contributed by atoms with Crippen LogP contribution in [0.2, 0.25) is 0 Å². The van der Waals surface area contributed by atoms with E-state index in [1.807, 2.05) is 32.7 Å². The van der Waals surface area contributed by atoms with Gasteiger partial charge in [0.25, 0.3) is 0 Å². The summed E-state index contributed by atoms with van der Waals surface area (Å²) in [6.45, 7) is 10.3. The van der Waals surface area contributed by atoms with Crippen LogP contribution in [0, 0.1) is 0 Å². The summed E-state index contributed by atoms with van der Waals surface area (Å²) < 4.78 is 5.30. The van der Waals surface area contributed by atoms with Gasteiger partial charge in [-0.05, 0) is 27.2 Å². The lowest BCUT2D eigenvalue weighted by molar-refractivity contribution is -0.0241. The van der Waals surface area contributed by atoms with Crippen LogP contribution in [0.25, 0.3) is 0 Å². The van der Waals surface area contributed by atoms with E-state index >= 15 is 0 Å². The summed E-state index contributed by atoms with van der Waals surface area (Å²) >= 11 is 0. The minimum Gasteiger partial charge on any atom is -0.443 e. The van der Waals surface area contributed by atoms with Crippen molar-refractivity contribution in [2.45, 2.75) is 39.7 Å². The van der Waals surface area contributed by atoms with Crippen molar-refractivity contribution >= 4 is 6.09 Å². The third-order valence-electron chi connectivity index (χ3n) is 2.10. The molecule has 0 atom stereocenters. The second-order valence-electron chi connectivity index (χ2n) is 4.50. The second-order valence-corrected chi connectivity index (χ2v) is 4.50. The quantitative estimate of drug-likeness (QED) is 0.647. The molecular weight excluding hydrogens is 180 g/mol. The van der Waals surface area contributed by atoms with Gasteiger partial charge < -0.3 is 4.74 Å². The van der Waals surface area contributed by atoms with E-state index in [1.165, 1.54) is 0 Å². The lowest BCUT2D eigenvalue weighted by Crippen LogP contribution is -2.43. The number of carbonyl (C=O) groups is 1. The Hall–Kier alpha value is -0.770. The van der Waals surface area contributed by atoms with Crippen molar-refractivity contribution in [2.75, 3.05) is 19.6 Å². The summed E-state index contributed by atoms with van der Waals surface area (Å²) in [6.07, 6.45) is 0.810. The van der Waals surface area contributed by atoms with E-state index in [4.69, 9.17) is 4.74 Å². The molecule has 1 saturated heterocycles. The summed E-state index contributed by atoms with van der Waals surface area (Å²) in [5.41, 5.74) is -0.404. The number of carbonyl (C=O) groups excluding carboxylic acids is 1. The molecule has 0 N–H and O–H groups in total. The van der Waals surface area contributed by atoms with Crippen LogP contribution < -0.4 is 0 Å². The maximum Gasteiger partial charge on any atom is 0.424 e. The van der Waals surface area contributed by atoms with Gasteiger partial charge in [-0.1, -0.05) is 6.92 Å². The first-order valence-corrected chi connectivity index (χ1v) is 5.19. The van der Waals surface area contributed by atoms with Crippen LogP contribution >= 0.6 is 0 Å². The standard InChI is InChI=1S/C10H20N2O2/c1-5-11-7-6-8-12(11)9(13)14-10(2,3)4/h5-8H2,1-4H3. The van der Waals surface area contributed by atoms with Crippen molar-refractivity contribution in [3.05, 3.63) is 0 Å². The largest absolute Gasteiger partial charge is 0.443 e. The fraction of sp³-hybridized carbons (Fsp3) is 0.900. The maximum atomic E-state index is 11.7. The highest BCUT2D eigenvalue weighted by atomic mass is 16.6. The molecule has 0 spiro atoms. The van der Waals surface area contributed by atoms with Crippen molar-refractivity contribution < 1.29 is 9.53 Å². The van der Waals surface area contributed by atoms with Gasteiger partial charge >= 0.3 is 6.09 Å². The highest BCUT2D eigenvalue weighted by Crippen LogP contribution is 2.15. The Morgan fingerprint density at radius 3 is 2.50 bits per heavy atom. The number of hydrazine groups is 1. The molecule has 4 nitrogen and oxygen atoms in total. The number of hydrogen-bond acceptors (Lipinski definition) is 3. The number of rotatable bonds is 1. The van der Waals surface area contributed by atoms with Crippen molar-refractivity contribution in [3.8, 4) is 0 Å². The van der Waals surface area contributed by atoms with E-state index < -0.39 is 5.60 Å². The Morgan fingerprint density at radius 1 is 1.36 bits per heavy atom. The van der Waals surface area contributed by atoms with Gasteiger partial charge in [0, 0.05) is 19.6 Å². The number of nitrogens with zero attached hydrogens (tertiary/aromatic N) is 2. The molecule has 82 valence electrons. The first kappa shape index (κ1) is 11.3. The summed E-state index contributed by atoms with van der Waals surface area (Å²) in [5.74, 6) is 0. The van der Waals surface area contributed by atoms with Crippen molar-refractivity contribution in [1.82, 2.24) is 10.0 Å². The van der Waals surface area contributed by atoms with E-state index in [0.29, 0.717) is 0 Å². The van der Waals surface area contributed by atoms with Gasteiger partial charge in [-0.15, -0.1) is 0 Å². The molecule has 4 heteroatoms. The van der Waals surface area contributed by atoms with Crippen LogP contribution in [-0.4, -0.2) is 41.3 Å². The number of amides is 1. The number of ether oxygens (including phenoxy) is 1. The molecule has 1 heterocycles. The van der Waals surface area contributed by atoms with Gasteiger partial charge in [0.15, 0.2) is 0 Å². The molecule has 0 saturated carbocycles. The number of hydrogen-bond donors (Lipinski definition) is 0. The zero-order chi connectivity index (χ0) is 10.8. The topological polar surface area (TPSA) is 32.8 Å². The summed E-state index contributed by atoms with van der Waals surface area (Å²) in [6, 6.07) is 0.